The molecule has 0 aliphatic carbocycles. The molecule has 10 atom stereocenters. The molecule has 0 radical (unpaired) electrons. The van der Waals surface area contributed by atoms with Gasteiger partial charge >= 0.3 is 47.8 Å². The third-order valence-corrected chi connectivity index (χ3v) is 16.2. The van der Waals surface area contributed by atoms with Gasteiger partial charge in [0.25, 0.3) is 0 Å². The van der Waals surface area contributed by atoms with Gasteiger partial charge in [-0.25, -0.2) is 9.97 Å². The zero-order valence-corrected chi connectivity index (χ0v) is 55.6. The lowest BCUT2D eigenvalue weighted by Gasteiger charge is -2.43. The molecule has 8 bridgehead atoms. The van der Waals surface area contributed by atoms with Gasteiger partial charge in [0, 0.05) is 99.7 Å². The molecule has 96 heavy (non-hydrogen) atoms. The zero-order chi connectivity index (χ0) is 68.7. The molecule has 24 heteroatoms. The smallest absolute Gasteiger partial charge is 0.303 e. The lowest BCUT2D eigenvalue weighted by atomic mass is 9.98. The normalized spacial score (nSPS) is 21.1. The summed E-state index contributed by atoms with van der Waals surface area (Å²) in [7, 11) is 0. The van der Waals surface area contributed by atoms with Crippen molar-refractivity contribution in [2.75, 3.05) is 13.2 Å². The van der Waals surface area contributed by atoms with Crippen molar-refractivity contribution in [3.8, 4) is 33.8 Å². The SMILES string of the molecule is CCCCCCc1c2nc(c(-c3ccc(OC4OC(COC(C)=O)C(OC(C)=O)C(OC(C)=O)C4OC(C)=O)cc3)c3ccc([nH]3)c(CCCCCC)c3nc(c(-c4ccc(OC5OC(COC(C)=O)C(OC(C)=O)C(OC(C)=O)C5OC(C)=O)cc4)c4ccc1[nH]4)C=C3)C=C2. The maximum absolute atomic E-state index is 12.7. The Balaban J connectivity index is 1.16. The van der Waals surface area contributed by atoms with Crippen molar-refractivity contribution in [3.63, 3.8) is 0 Å². The van der Waals surface area contributed by atoms with Gasteiger partial charge < -0.3 is 66.8 Å². The van der Waals surface area contributed by atoms with Crippen LogP contribution in [0.25, 0.3) is 68.6 Å². The molecule has 0 saturated carbocycles. The first kappa shape index (κ1) is 70.6. The number of hydrogen-bond donors (Lipinski definition) is 2. The molecule has 24 nitrogen and oxygen atoms in total. The second kappa shape index (κ2) is 32.6. The highest BCUT2D eigenvalue weighted by molar-refractivity contribution is 5.94. The molecule has 4 aliphatic heterocycles. The minimum absolute atomic E-state index is 0.256. The van der Waals surface area contributed by atoms with Gasteiger partial charge in [-0.3, -0.25) is 38.4 Å². The highest BCUT2D eigenvalue weighted by Gasteiger charge is 2.55. The molecule has 510 valence electrons. The standard InChI is InChI=1S/C72H82N4O20/c1-11-13-15-17-19-51-53-29-33-57(73-53)63(47-21-25-49(26-22-47)93-71-69(91-45(9)83)67(89-43(7)81)65(87-41(5)79)61(95-71)37-85-39(3)77)59-35-31-55(75-59)52(20-18-16-14-12-2)56-32-36-60(76-56)64(58-34-30-54(51)74-58)48-23-27-50(28-24-48)94-72-70(92-46(10)84)68(90-44(8)82)66(88-42(6)80)62(96-72)38-86-40(4)78/h21-36,61-62,65-73,76H,11-20,37-38H2,1-10H3. The van der Waals surface area contributed by atoms with Crippen LogP contribution in [-0.2, 0) is 98.6 Å². The maximum atomic E-state index is 12.7. The molecular formula is C72H82N4O20. The van der Waals surface area contributed by atoms with Gasteiger partial charge in [0.15, 0.2) is 24.4 Å². The van der Waals surface area contributed by atoms with Crippen molar-refractivity contribution in [1.29, 1.82) is 0 Å². The largest absolute Gasteiger partial charge is 0.463 e. The van der Waals surface area contributed by atoms with Crippen molar-refractivity contribution >= 4 is 94.1 Å². The van der Waals surface area contributed by atoms with E-state index in [0.29, 0.717) is 24.2 Å². The van der Waals surface area contributed by atoms with E-state index in [1.54, 1.807) is 24.3 Å². The van der Waals surface area contributed by atoms with Crippen molar-refractivity contribution in [2.45, 2.75) is 195 Å². The van der Waals surface area contributed by atoms with Crippen molar-refractivity contribution in [1.82, 2.24) is 19.9 Å². The quantitative estimate of drug-likeness (QED) is 0.0289. The molecule has 2 aromatic carbocycles. The lowest BCUT2D eigenvalue weighted by molar-refractivity contribution is -0.288. The summed E-state index contributed by atoms with van der Waals surface area (Å²) in [4.78, 5) is 118. The molecule has 3 aromatic heterocycles. The van der Waals surface area contributed by atoms with Gasteiger partial charge in [0.2, 0.25) is 24.8 Å². The van der Waals surface area contributed by atoms with Gasteiger partial charge in [-0.2, -0.15) is 0 Å². The van der Waals surface area contributed by atoms with Crippen LogP contribution in [0, 0.1) is 0 Å². The number of rotatable bonds is 26. The Morgan fingerprint density at radius 1 is 0.375 bits per heavy atom. The van der Waals surface area contributed by atoms with Crippen LogP contribution in [0.4, 0.5) is 0 Å². The molecule has 7 heterocycles. The Morgan fingerprint density at radius 2 is 0.698 bits per heavy atom. The second-order valence-electron chi connectivity index (χ2n) is 23.8. The van der Waals surface area contributed by atoms with Crippen molar-refractivity contribution in [3.05, 3.63) is 107 Å². The highest BCUT2D eigenvalue weighted by Crippen LogP contribution is 2.39. The number of ether oxygens (including phenoxy) is 12. The number of fused-ring (bicyclic) bond motifs is 8. The van der Waals surface area contributed by atoms with E-state index in [0.717, 1.165) is 160 Å². The van der Waals surface area contributed by atoms with Crippen LogP contribution in [0.3, 0.4) is 0 Å². The zero-order valence-electron chi connectivity index (χ0n) is 55.6. The number of H-pyrrole nitrogens is 2. The minimum atomic E-state index is -1.46. The highest BCUT2D eigenvalue weighted by atomic mass is 16.7. The summed E-state index contributed by atoms with van der Waals surface area (Å²) in [5.74, 6) is -5.37. The first-order valence-corrected chi connectivity index (χ1v) is 32.4. The van der Waals surface area contributed by atoms with Crippen molar-refractivity contribution < 1.29 is 95.2 Å². The Hall–Kier alpha value is -9.68. The van der Waals surface area contributed by atoms with Crippen LogP contribution in [0.15, 0.2) is 72.8 Å². The van der Waals surface area contributed by atoms with E-state index in [2.05, 4.69) is 35.9 Å². The molecule has 10 unspecified atom stereocenters. The van der Waals surface area contributed by atoms with E-state index in [1.165, 1.54) is 13.8 Å². The fourth-order valence-corrected chi connectivity index (χ4v) is 12.1. The molecule has 5 aromatic rings. The molecular weight excluding hydrogens is 1240 g/mol. The summed E-state index contributed by atoms with van der Waals surface area (Å²) >= 11 is 0. The second-order valence-corrected chi connectivity index (χ2v) is 23.8. The number of nitrogens with zero attached hydrogens (tertiary/aromatic N) is 2. The summed E-state index contributed by atoms with van der Waals surface area (Å²) in [5, 5.41) is 0. The van der Waals surface area contributed by atoms with Crippen LogP contribution in [0.5, 0.6) is 11.5 Å². The molecule has 0 amide bonds. The van der Waals surface area contributed by atoms with E-state index < -0.39 is 122 Å². The number of aromatic nitrogens is 4. The van der Waals surface area contributed by atoms with Crippen LogP contribution in [0.2, 0.25) is 0 Å². The summed E-state index contributed by atoms with van der Waals surface area (Å²) < 4.78 is 69.8. The minimum Gasteiger partial charge on any atom is -0.463 e. The predicted molar refractivity (Wildman–Crippen MR) is 351 cm³/mol. The Labute approximate surface area is 555 Å². The summed E-state index contributed by atoms with van der Waals surface area (Å²) in [5.41, 5.74) is 11.1. The monoisotopic (exact) mass is 1320 g/mol. The van der Waals surface area contributed by atoms with Gasteiger partial charge in [0.1, 0.15) is 36.9 Å². The predicted octanol–water partition coefficient (Wildman–Crippen LogP) is 11.2. The fourth-order valence-electron chi connectivity index (χ4n) is 12.1. The molecule has 2 fully saturated rings. The molecule has 2 N–H and O–H groups in total. The van der Waals surface area contributed by atoms with Gasteiger partial charge in [-0.05, 0) is 110 Å². The number of esters is 8. The number of carbonyl (C=O) groups excluding carboxylic acids is 8. The fraction of sp³-hybridized carbons (Fsp3) is 0.444. The number of benzene rings is 2. The molecule has 4 aliphatic rings. The van der Waals surface area contributed by atoms with Gasteiger partial charge in [-0.1, -0.05) is 76.6 Å². The maximum Gasteiger partial charge on any atom is 0.303 e. The third kappa shape index (κ3) is 18.0. The van der Waals surface area contributed by atoms with E-state index >= 15 is 0 Å². The first-order valence-electron chi connectivity index (χ1n) is 32.4. The van der Waals surface area contributed by atoms with Crippen molar-refractivity contribution in [2.24, 2.45) is 0 Å². The number of aryl methyl sites for hydroxylation is 2. The Bertz CT molecular complexity index is 3660. The number of carbonyl (C=O) groups is 8. The van der Waals surface area contributed by atoms with E-state index in [1.807, 2.05) is 60.7 Å². The van der Waals surface area contributed by atoms with E-state index in [4.69, 9.17) is 66.8 Å². The topological polar surface area (TPSA) is 305 Å². The Kier molecular flexibility index (Phi) is 24.0. The Morgan fingerprint density at radius 3 is 1.03 bits per heavy atom. The molecule has 0 spiro atoms. The average Bonchev–Trinajstić information content (AvgIpc) is 1.30. The number of unbranched alkanes of at least 4 members (excludes halogenated alkanes) is 6. The van der Waals surface area contributed by atoms with E-state index in [-0.39, 0.29) is 11.5 Å². The lowest BCUT2D eigenvalue weighted by Crippen LogP contribution is -2.63. The van der Waals surface area contributed by atoms with Crippen LogP contribution >= 0.6 is 0 Å². The van der Waals surface area contributed by atoms with Gasteiger partial charge in [0.05, 0.1) is 22.8 Å². The third-order valence-electron chi connectivity index (χ3n) is 16.2. The summed E-state index contributed by atoms with van der Waals surface area (Å²) in [6, 6.07) is 22.5. The number of nitrogens with one attached hydrogen (secondary N) is 2. The number of hydrogen-bond acceptors (Lipinski definition) is 22. The summed E-state index contributed by atoms with van der Waals surface area (Å²) in [6.07, 6.45) is 3.60. The van der Waals surface area contributed by atoms with Gasteiger partial charge in [-0.15, -0.1) is 0 Å². The number of aromatic amines is 2. The average molecular weight is 1320 g/mol. The van der Waals surface area contributed by atoms with Crippen LogP contribution < -0.4 is 9.47 Å². The molecule has 2 saturated heterocycles. The van der Waals surface area contributed by atoms with E-state index in [9.17, 15) is 38.4 Å². The molecule has 9 rings (SSSR count). The first-order chi connectivity index (χ1) is 46.1. The summed E-state index contributed by atoms with van der Waals surface area (Å²) in [6.45, 7) is 12.8. The van der Waals surface area contributed by atoms with Crippen LogP contribution in [-0.4, -0.2) is 142 Å². The van der Waals surface area contributed by atoms with Crippen LogP contribution in [0.1, 0.15) is 155 Å².